The van der Waals surface area contributed by atoms with Crippen molar-refractivity contribution >= 4 is 67.7 Å². The third kappa shape index (κ3) is 15.9. The Bertz CT molecular complexity index is 2490. The van der Waals surface area contributed by atoms with Gasteiger partial charge in [0.2, 0.25) is 11.8 Å². The summed E-state index contributed by atoms with van der Waals surface area (Å²) in [5.74, 6) is -1.40. The molecule has 0 spiro atoms. The van der Waals surface area contributed by atoms with Crippen molar-refractivity contribution in [2.75, 3.05) is 38.7 Å². The molecule has 3 unspecified atom stereocenters. The number of fused-ring (bicyclic) bond motifs is 1. The number of nitrogens with two attached hydrogens (primary N) is 2. The summed E-state index contributed by atoms with van der Waals surface area (Å²) in [4.78, 5) is 92.1. The minimum atomic E-state index is -5.81. The summed E-state index contributed by atoms with van der Waals surface area (Å²) < 4.78 is 79.6. The number of quaternary nitrogens is 4. The van der Waals surface area contributed by atoms with Crippen LogP contribution in [0.1, 0.15) is 43.9 Å². The van der Waals surface area contributed by atoms with E-state index in [0.29, 0.717) is 5.39 Å². The molecule has 1 aliphatic heterocycles. The van der Waals surface area contributed by atoms with Gasteiger partial charge in [0.25, 0.3) is 5.56 Å². The molecule has 2 heterocycles. The normalized spacial score (nSPS) is 18.6. The number of aromatic nitrogens is 2. The molecule has 3 aromatic rings. The highest BCUT2D eigenvalue weighted by Crippen LogP contribution is 2.66. The molecule has 26 N–H and O–H groups in total. The minimum absolute atomic E-state index is 0. The number of benzene rings is 2. The number of nitrogens with one attached hydrogen (secondary N) is 1. The quantitative estimate of drug-likeness (QED) is 0.0568. The van der Waals surface area contributed by atoms with E-state index in [1.807, 2.05) is 36.1 Å². The summed E-state index contributed by atoms with van der Waals surface area (Å²) in [5.41, 5.74) is 10.4. The van der Waals surface area contributed by atoms with Crippen LogP contribution in [-0.2, 0) is 51.0 Å². The lowest BCUT2D eigenvalue weighted by Gasteiger charge is -2.20. The zero-order chi connectivity index (χ0) is 44.8. The number of aliphatic hydroxyl groups excluding tert-OH is 1. The highest BCUT2D eigenvalue weighted by molar-refractivity contribution is 7.92. The van der Waals surface area contributed by atoms with E-state index in [4.69, 9.17) is 26.0 Å². The van der Waals surface area contributed by atoms with Gasteiger partial charge in [0.05, 0.1) is 29.7 Å². The molecule has 1 saturated heterocycles. The first-order valence-electron chi connectivity index (χ1n) is 17.7. The summed E-state index contributed by atoms with van der Waals surface area (Å²) in [5, 5.41) is 10.4. The number of hydrogen-bond acceptors (Lipinski definition) is 17. The molecule has 64 heavy (non-hydrogen) atoms. The molecule has 28 nitrogen and oxygen atoms in total. The van der Waals surface area contributed by atoms with Gasteiger partial charge in [0.15, 0.2) is 9.84 Å². The van der Waals surface area contributed by atoms with Crippen molar-refractivity contribution in [1.29, 1.82) is 0 Å². The number of aliphatic hydroxyl groups is 1. The Morgan fingerprint density at radius 2 is 1.59 bits per heavy atom. The number of H-pyrrole nitrogens is 1. The largest absolute Gasteiger partial charge is 0.490 e. The number of imide groups is 1. The summed E-state index contributed by atoms with van der Waals surface area (Å²) in [6, 6.07) is 10.3. The van der Waals surface area contributed by atoms with Crippen LogP contribution >= 0.6 is 23.5 Å². The standard InChI is InChI=1S/C32H45N6O18P3S.4H3N/c1-36(2)23-11-5-10-22-21(23)9-6-12-26(22)60(51,52)27(34)13-3-4-14-28(40)37(29(41)17-33)15-7-8-20-18-38(32(43)35-31(20)42)30-16-24(39)25(54-30)19-53-58(47,48)56-59(49,50)55-57(44,45)46;;;;/h5-12,18,24-25,27,30,39H,3-4,13-17,19,33-34H2,1-2H3,(H,47,48)(H,49,50)(H,35,42,43)(H2,44,45,46);4*1H3/p+4/b8-7+;;;;/t24-,25+,27?,30+;;;;/m0..../s1. The molecule has 4 rings (SSSR count). The van der Waals surface area contributed by atoms with Crippen molar-refractivity contribution in [2.24, 2.45) is 11.5 Å². The summed E-state index contributed by atoms with van der Waals surface area (Å²) >= 11 is 0. The van der Waals surface area contributed by atoms with Crippen molar-refractivity contribution in [3.63, 3.8) is 0 Å². The number of nitrogens with zero attached hydrogens (tertiary/aromatic N) is 3. The molecule has 364 valence electrons. The van der Waals surface area contributed by atoms with Crippen LogP contribution in [0.4, 0.5) is 5.69 Å². The Labute approximate surface area is 366 Å². The van der Waals surface area contributed by atoms with E-state index < -0.39 is 93.3 Å². The van der Waals surface area contributed by atoms with Crippen LogP contribution in [0.15, 0.2) is 63.2 Å². The maximum Gasteiger partial charge on any atom is 0.490 e. The van der Waals surface area contributed by atoms with E-state index in [1.54, 1.807) is 18.2 Å². The molecular weight excluding hydrogens is 937 g/mol. The first-order valence-corrected chi connectivity index (χ1v) is 23.8. The molecule has 6 atom stereocenters. The van der Waals surface area contributed by atoms with Crippen molar-refractivity contribution in [3.8, 4) is 0 Å². The number of amides is 2. The minimum Gasteiger partial charge on any atom is -0.390 e. The molecular formula is C32H61N10O18P3S+4. The van der Waals surface area contributed by atoms with Gasteiger partial charge in [-0.3, -0.25) is 33.4 Å². The fourth-order valence-corrected chi connectivity index (χ4v) is 10.6. The summed E-state index contributed by atoms with van der Waals surface area (Å²) in [6.45, 7) is -1.92. The Morgan fingerprint density at radius 3 is 2.20 bits per heavy atom. The number of phosphoric ester groups is 1. The van der Waals surface area contributed by atoms with Gasteiger partial charge in [0, 0.05) is 56.1 Å². The van der Waals surface area contributed by atoms with Gasteiger partial charge in [-0.05, 0) is 25.0 Å². The first kappa shape index (κ1) is 60.1. The van der Waals surface area contributed by atoms with E-state index in [-0.39, 0.29) is 73.7 Å². The number of anilines is 1. The topological polar surface area (TPSA) is 517 Å². The van der Waals surface area contributed by atoms with Gasteiger partial charge in [-0.25, -0.2) is 26.9 Å². The van der Waals surface area contributed by atoms with Crippen LogP contribution in [-0.4, -0.2) is 111 Å². The van der Waals surface area contributed by atoms with Gasteiger partial charge < -0.3 is 70.4 Å². The van der Waals surface area contributed by atoms with Crippen molar-refractivity contribution in [3.05, 3.63) is 75.1 Å². The van der Waals surface area contributed by atoms with Crippen LogP contribution in [0.25, 0.3) is 16.8 Å². The van der Waals surface area contributed by atoms with Crippen LogP contribution in [0.2, 0.25) is 0 Å². The Kier molecular flexibility index (Phi) is 23.1. The fourth-order valence-electron chi connectivity index (χ4n) is 6.06. The number of phosphoric acid groups is 3. The van der Waals surface area contributed by atoms with Gasteiger partial charge >= 0.3 is 29.2 Å². The molecule has 0 bridgehead atoms. The van der Waals surface area contributed by atoms with Crippen LogP contribution in [0.5, 0.6) is 0 Å². The van der Waals surface area contributed by atoms with Crippen molar-refractivity contribution in [2.45, 2.75) is 60.8 Å². The first-order chi connectivity index (χ1) is 27.9. The number of unbranched alkanes of at least 4 members (excludes halogenated alkanes) is 1. The Balaban J connectivity index is 0.00000992. The van der Waals surface area contributed by atoms with Crippen LogP contribution in [0.3, 0.4) is 0 Å². The smallest absolute Gasteiger partial charge is 0.390 e. The predicted molar refractivity (Wildman–Crippen MR) is 236 cm³/mol. The van der Waals surface area contributed by atoms with E-state index in [1.165, 1.54) is 18.2 Å². The maximum absolute atomic E-state index is 13.5. The fraction of sp³-hybridized carbons (Fsp3) is 0.438. The number of hydrogen-bond donors (Lipinski definition) is 12. The third-order valence-corrected chi connectivity index (χ3v) is 14.7. The molecule has 32 heteroatoms. The number of carbonyl (C=O) groups is 2. The molecule has 1 aliphatic rings. The zero-order valence-corrected chi connectivity index (χ0v) is 39.5. The second-order valence-corrected chi connectivity index (χ2v) is 20.0. The number of sulfone groups is 1. The number of carbonyl (C=O) groups excluding carboxylic acids is 2. The van der Waals surface area contributed by atoms with Crippen molar-refractivity contribution in [1.82, 2.24) is 39.1 Å². The average Bonchev–Trinajstić information content (AvgIpc) is 3.51. The van der Waals surface area contributed by atoms with Crippen LogP contribution in [0, 0.1) is 0 Å². The number of aromatic amines is 1. The Hall–Kier alpha value is -3.90. The van der Waals surface area contributed by atoms with Gasteiger partial charge in [0.1, 0.15) is 17.7 Å². The lowest BCUT2D eigenvalue weighted by atomic mass is 10.1. The second-order valence-electron chi connectivity index (χ2n) is 13.4. The lowest BCUT2D eigenvalue weighted by molar-refractivity contribution is -0.143. The molecule has 0 radical (unpaired) electrons. The third-order valence-electron chi connectivity index (χ3n) is 8.86. The zero-order valence-electron chi connectivity index (χ0n) is 36.0. The number of rotatable bonds is 20. The molecule has 0 saturated carbocycles. The highest BCUT2D eigenvalue weighted by atomic mass is 32.2. The maximum atomic E-state index is 13.5. The monoisotopic (exact) mass is 998 g/mol. The average molecular weight is 999 g/mol. The molecule has 2 aromatic carbocycles. The van der Waals surface area contributed by atoms with Gasteiger partial charge in [-0.2, -0.15) is 8.62 Å². The highest BCUT2D eigenvalue weighted by Gasteiger charge is 2.43. The lowest BCUT2D eigenvalue weighted by Crippen LogP contribution is -2.40. The van der Waals surface area contributed by atoms with E-state index in [9.17, 15) is 56.2 Å². The van der Waals surface area contributed by atoms with Crippen LogP contribution < -0.4 is 52.2 Å². The van der Waals surface area contributed by atoms with E-state index >= 15 is 0 Å². The second kappa shape index (κ2) is 24.6. The predicted octanol–water partition coefficient (Wildman–Crippen LogP) is 1.90. The summed E-state index contributed by atoms with van der Waals surface area (Å²) in [6.07, 6.45) is -0.989. The molecule has 0 aliphatic carbocycles. The molecule has 2 amide bonds. The Morgan fingerprint density at radius 1 is 0.969 bits per heavy atom. The van der Waals surface area contributed by atoms with E-state index in [2.05, 4.69) is 13.1 Å². The summed E-state index contributed by atoms with van der Waals surface area (Å²) in [7, 11) is -17.3. The molecule has 1 fully saturated rings. The number of ether oxygens (including phenoxy) is 1. The van der Waals surface area contributed by atoms with E-state index in [0.717, 1.165) is 26.7 Å². The van der Waals surface area contributed by atoms with Gasteiger partial charge in [-0.1, -0.05) is 42.8 Å². The van der Waals surface area contributed by atoms with Gasteiger partial charge in [-0.15, -0.1) is 0 Å². The van der Waals surface area contributed by atoms with Crippen molar-refractivity contribution < 1.29 is 74.3 Å². The SMILES string of the molecule is CN(C)c1cccc2c(S(=O)(=O)C(N)CCCCC(=O)N(C/C=C/c3cn([C@H]4C[C@H](O)[C@@H](COP(=O)(O)OP(=O)(O)OP(=O)(O)O)O4)c(=O)[nH]c3=O)C(=O)CN)cccc12.[NH4+].[NH4+].[NH4+].[NH4+]. The molecule has 1 aromatic heterocycles.